The fourth-order valence-electron chi connectivity index (χ4n) is 2.96. The van der Waals surface area contributed by atoms with Gasteiger partial charge in [-0.3, -0.25) is 0 Å². The second kappa shape index (κ2) is 6.44. The van der Waals surface area contributed by atoms with Gasteiger partial charge in [-0.05, 0) is 46.6 Å². The Labute approximate surface area is 137 Å². The third kappa shape index (κ3) is 4.84. The molecular weight excluding hydrogens is 272 g/mol. The first-order valence-electron chi connectivity index (χ1n) is 8.49. The van der Waals surface area contributed by atoms with Crippen molar-refractivity contribution >= 4 is 11.3 Å². The van der Waals surface area contributed by atoms with Crippen LogP contribution < -0.4 is 0 Å². The molecule has 0 saturated carbocycles. The van der Waals surface area contributed by atoms with E-state index in [2.05, 4.69) is 80.6 Å². The lowest BCUT2D eigenvalue weighted by Crippen LogP contribution is -2.15. The van der Waals surface area contributed by atoms with Gasteiger partial charge >= 0.3 is 0 Å². The summed E-state index contributed by atoms with van der Waals surface area (Å²) in [6, 6.07) is 0. The van der Waals surface area contributed by atoms with Gasteiger partial charge in [0.1, 0.15) is 0 Å². The SMILES string of the molecule is CC(C)Cc1c(C(C)(C)C)sc(C(C)(C)C)c1CC(C)C. The van der Waals surface area contributed by atoms with Crippen molar-refractivity contribution in [3.63, 3.8) is 0 Å². The van der Waals surface area contributed by atoms with Crippen molar-refractivity contribution in [2.24, 2.45) is 11.8 Å². The summed E-state index contributed by atoms with van der Waals surface area (Å²) in [5, 5.41) is 0. The summed E-state index contributed by atoms with van der Waals surface area (Å²) in [6.07, 6.45) is 2.45. The molecule has 0 aliphatic carbocycles. The van der Waals surface area contributed by atoms with Crippen molar-refractivity contribution in [3.8, 4) is 0 Å². The van der Waals surface area contributed by atoms with E-state index in [-0.39, 0.29) is 10.8 Å². The molecule has 0 spiro atoms. The molecule has 0 fully saturated rings. The zero-order valence-electron chi connectivity index (χ0n) is 16.0. The minimum absolute atomic E-state index is 0.254. The average molecular weight is 309 g/mol. The first kappa shape index (κ1) is 18.7. The molecule has 1 heteroatoms. The molecule has 1 aromatic heterocycles. The topological polar surface area (TPSA) is 0 Å². The zero-order valence-corrected chi connectivity index (χ0v) is 16.8. The van der Waals surface area contributed by atoms with Gasteiger partial charge < -0.3 is 0 Å². The van der Waals surface area contributed by atoms with Gasteiger partial charge in [0.05, 0.1) is 0 Å². The Morgan fingerprint density at radius 1 is 0.667 bits per heavy atom. The Morgan fingerprint density at radius 3 is 1.14 bits per heavy atom. The predicted molar refractivity (Wildman–Crippen MR) is 98.8 cm³/mol. The fourth-order valence-corrected chi connectivity index (χ4v) is 4.44. The van der Waals surface area contributed by atoms with Crippen LogP contribution in [0.4, 0.5) is 0 Å². The molecule has 0 unspecified atom stereocenters. The standard InChI is InChI=1S/C20H36S/c1-13(2)11-15-16(12-14(3)4)18(20(8,9)10)21-17(15)19(5,6)7/h13-14H,11-12H2,1-10H3. The Morgan fingerprint density at radius 2 is 0.952 bits per heavy atom. The second-order valence-corrected chi connectivity index (χ2v) is 10.4. The monoisotopic (exact) mass is 308 g/mol. The van der Waals surface area contributed by atoms with Gasteiger partial charge in [0, 0.05) is 9.75 Å². The Balaban J connectivity index is 3.56. The molecule has 0 nitrogen and oxygen atoms in total. The molecule has 21 heavy (non-hydrogen) atoms. The first-order valence-corrected chi connectivity index (χ1v) is 9.31. The van der Waals surface area contributed by atoms with Crippen molar-refractivity contribution in [2.45, 2.75) is 92.9 Å². The van der Waals surface area contributed by atoms with Crippen molar-refractivity contribution < 1.29 is 0 Å². The van der Waals surface area contributed by atoms with Crippen LogP contribution >= 0.6 is 11.3 Å². The highest BCUT2D eigenvalue weighted by molar-refractivity contribution is 7.12. The summed E-state index contributed by atoms with van der Waals surface area (Å²) in [5.74, 6) is 1.44. The largest absolute Gasteiger partial charge is 0.144 e. The highest BCUT2D eigenvalue weighted by Crippen LogP contribution is 2.44. The molecule has 0 amide bonds. The van der Waals surface area contributed by atoms with Crippen LogP contribution in [0, 0.1) is 11.8 Å². The zero-order chi connectivity index (χ0) is 16.6. The molecule has 0 saturated heterocycles. The van der Waals surface area contributed by atoms with Gasteiger partial charge in [0.15, 0.2) is 0 Å². The Kier molecular flexibility index (Phi) is 5.75. The van der Waals surface area contributed by atoms with Gasteiger partial charge in [-0.1, -0.05) is 69.2 Å². The fraction of sp³-hybridized carbons (Fsp3) is 0.800. The lowest BCUT2D eigenvalue weighted by Gasteiger charge is -2.22. The van der Waals surface area contributed by atoms with Crippen molar-refractivity contribution in [3.05, 3.63) is 20.9 Å². The lowest BCUT2D eigenvalue weighted by molar-refractivity contribution is 0.560. The van der Waals surface area contributed by atoms with Gasteiger partial charge in [0.2, 0.25) is 0 Å². The van der Waals surface area contributed by atoms with Crippen LogP contribution in [0.1, 0.15) is 90.1 Å². The van der Waals surface area contributed by atoms with Crippen LogP contribution in [0.2, 0.25) is 0 Å². The number of thiophene rings is 1. The number of rotatable bonds is 4. The van der Waals surface area contributed by atoms with Crippen LogP contribution in [0.3, 0.4) is 0 Å². The maximum atomic E-state index is 2.37. The molecule has 0 atom stereocenters. The van der Waals surface area contributed by atoms with Gasteiger partial charge in [-0.2, -0.15) is 0 Å². The van der Waals surface area contributed by atoms with Crippen molar-refractivity contribution in [1.82, 2.24) is 0 Å². The summed E-state index contributed by atoms with van der Waals surface area (Å²) in [7, 11) is 0. The lowest BCUT2D eigenvalue weighted by atomic mass is 9.82. The second-order valence-electron chi connectivity index (χ2n) is 9.41. The normalized spacial score (nSPS) is 13.5. The van der Waals surface area contributed by atoms with E-state index in [0.29, 0.717) is 0 Å². The van der Waals surface area contributed by atoms with E-state index < -0.39 is 0 Å². The van der Waals surface area contributed by atoms with Crippen LogP contribution in [-0.2, 0) is 23.7 Å². The van der Waals surface area contributed by atoms with E-state index in [1.54, 1.807) is 20.9 Å². The molecule has 0 radical (unpaired) electrons. The van der Waals surface area contributed by atoms with Crippen LogP contribution in [-0.4, -0.2) is 0 Å². The van der Waals surface area contributed by atoms with Crippen molar-refractivity contribution in [2.75, 3.05) is 0 Å². The minimum atomic E-state index is 0.254. The van der Waals surface area contributed by atoms with Gasteiger partial charge in [-0.25, -0.2) is 0 Å². The summed E-state index contributed by atoms with van der Waals surface area (Å²) in [5.41, 5.74) is 3.84. The minimum Gasteiger partial charge on any atom is -0.144 e. The predicted octanol–water partition coefficient (Wildman–Crippen LogP) is 6.74. The molecular formula is C20H36S. The molecule has 0 bridgehead atoms. The van der Waals surface area contributed by atoms with Crippen LogP contribution in [0.5, 0.6) is 0 Å². The molecule has 0 aliphatic rings. The molecule has 1 rings (SSSR count). The number of hydrogen-bond donors (Lipinski definition) is 0. The summed E-state index contributed by atoms with van der Waals surface area (Å²) in [4.78, 5) is 3.24. The van der Waals surface area contributed by atoms with Gasteiger partial charge in [-0.15, -0.1) is 11.3 Å². The van der Waals surface area contributed by atoms with E-state index in [0.717, 1.165) is 11.8 Å². The molecule has 1 aromatic rings. The highest BCUT2D eigenvalue weighted by atomic mass is 32.1. The maximum absolute atomic E-state index is 2.37. The third-order valence-corrected chi connectivity index (χ3v) is 5.83. The quantitative estimate of drug-likeness (QED) is 0.577. The molecule has 122 valence electrons. The van der Waals surface area contributed by atoms with E-state index in [1.807, 2.05) is 0 Å². The van der Waals surface area contributed by atoms with E-state index in [1.165, 1.54) is 12.8 Å². The first-order chi connectivity index (χ1) is 9.34. The molecule has 0 aromatic carbocycles. The maximum Gasteiger partial charge on any atom is 0.0137 e. The molecule has 1 heterocycles. The van der Waals surface area contributed by atoms with Gasteiger partial charge in [0.25, 0.3) is 0 Å². The molecule has 0 aliphatic heterocycles. The van der Waals surface area contributed by atoms with E-state index in [4.69, 9.17) is 0 Å². The summed E-state index contributed by atoms with van der Waals surface area (Å²) >= 11 is 2.08. The van der Waals surface area contributed by atoms with Crippen LogP contribution in [0.15, 0.2) is 0 Å². The van der Waals surface area contributed by atoms with Crippen LogP contribution in [0.25, 0.3) is 0 Å². The number of hydrogen-bond acceptors (Lipinski definition) is 1. The summed E-state index contributed by atoms with van der Waals surface area (Å²) in [6.45, 7) is 23.6. The third-order valence-electron chi connectivity index (χ3n) is 3.70. The highest BCUT2D eigenvalue weighted by Gasteiger charge is 2.30. The average Bonchev–Trinajstić information content (AvgIpc) is 2.54. The Hall–Kier alpha value is -0.300. The smallest absolute Gasteiger partial charge is 0.0137 e. The summed E-state index contributed by atoms with van der Waals surface area (Å²) < 4.78 is 0. The van der Waals surface area contributed by atoms with E-state index in [9.17, 15) is 0 Å². The Bertz CT molecular complexity index is 419. The van der Waals surface area contributed by atoms with E-state index >= 15 is 0 Å². The van der Waals surface area contributed by atoms with Crippen molar-refractivity contribution in [1.29, 1.82) is 0 Å². The molecule has 0 N–H and O–H groups in total.